The Morgan fingerprint density at radius 1 is 0.875 bits per heavy atom. The van der Waals surface area contributed by atoms with E-state index in [0.717, 1.165) is 5.69 Å². The largest absolute Gasteiger partial charge is 0.256 e. The Balaban J connectivity index is 2.58. The Morgan fingerprint density at radius 2 is 1.56 bits per heavy atom. The van der Waals surface area contributed by atoms with Crippen molar-refractivity contribution in [3.05, 3.63) is 54.2 Å². The first-order chi connectivity index (χ1) is 7.59. The zero-order valence-electron chi connectivity index (χ0n) is 10.1. The zero-order chi connectivity index (χ0) is 11.6. The molecular formula is C15H17N. The summed E-state index contributed by atoms with van der Waals surface area (Å²) < 4.78 is 0. The molecule has 2 rings (SSSR count). The monoisotopic (exact) mass is 211 g/mol. The van der Waals surface area contributed by atoms with Crippen LogP contribution in [0.5, 0.6) is 0 Å². The van der Waals surface area contributed by atoms with Gasteiger partial charge in [-0.1, -0.05) is 57.2 Å². The maximum Gasteiger partial charge on any atom is 0.0739 e. The van der Waals surface area contributed by atoms with Crippen LogP contribution in [0.25, 0.3) is 11.3 Å². The summed E-state index contributed by atoms with van der Waals surface area (Å²) in [4.78, 5) is 4.52. The van der Waals surface area contributed by atoms with Crippen molar-refractivity contribution in [2.45, 2.75) is 26.2 Å². The Hall–Kier alpha value is -1.63. The van der Waals surface area contributed by atoms with Crippen LogP contribution >= 0.6 is 0 Å². The van der Waals surface area contributed by atoms with Crippen LogP contribution in [0.1, 0.15) is 26.3 Å². The number of rotatable bonds is 1. The smallest absolute Gasteiger partial charge is 0.0739 e. The molecule has 0 saturated heterocycles. The average molecular weight is 211 g/mol. The predicted molar refractivity (Wildman–Crippen MR) is 68.4 cm³/mol. The van der Waals surface area contributed by atoms with Gasteiger partial charge in [-0.15, -0.1) is 0 Å². The first-order valence-electron chi connectivity index (χ1n) is 5.60. The van der Waals surface area contributed by atoms with E-state index in [2.05, 4.69) is 56.1 Å². The van der Waals surface area contributed by atoms with Crippen molar-refractivity contribution in [1.82, 2.24) is 4.98 Å². The second-order valence-electron chi connectivity index (χ2n) is 5.02. The molecule has 82 valence electrons. The summed E-state index contributed by atoms with van der Waals surface area (Å²) >= 11 is 0. The molecular weight excluding hydrogens is 194 g/mol. The predicted octanol–water partition coefficient (Wildman–Crippen LogP) is 4.05. The van der Waals surface area contributed by atoms with Crippen LogP contribution in [0.4, 0.5) is 0 Å². The normalized spacial score (nSPS) is 11.4. The molecule has 0 fully saturated rings. The van der Waals surface area contributed by atoms with Crippen molar-refractivity contribution in [2.24, 2.45) is 0 Å². The van der Waals surface area contributed by atoms with E-state index in [-0.39, 0.29) is 5.41 Å². The maximum atomic E-state index is 4.52. The SMILES string of the molecule is CC(C)(C)c1cccnc1-c1ccccc1. The lowest BCUT2D eigenvalue weighted by Crippen LogP contribution is -2.13. The summed E-state index contributed by atoms with van der Waals surface area (Å²) in [5.41, 5.74) is 3.70. The van der Waals surface area contributed by atoms with Gasteiger partial charge >= 0.3 is 0 Å². The van der Waals surface area contributed by atoms with Gasteiger partial charge < -0.3 is 0 Å². The van der Waals surface area contributed by atoms with Crippen molar-refractivity contribution in [2.75, 3.05) is 0 Å². The van der Waals surface area contributed by atoms with Crippen molar-refractivity contribution in [3.8, 4) is 11.3 Å². The zero-order valence-corrected chi connectivity index (χ0v) is 10.1. The van der Waals surface area contributed by atoms with Crippen LogP contribution < -0.4 is 0 Å². The highest BCUT2D eigenvalue weighted by Crippen LogP contribution is 2.30. The van der Waals surface area contributed by atoms with Crippen LogP contribution in [0.3, 0.4) is 0 Å². The van der Waals surface area contributed by atoms with Gasteiger partial charge in [-0.2, -0.15) is 0 Å². The van der Waals surface area contributed by atoms with Crippen LogP contribution in [0.2, 0.25) is 0 Å². The Kier molecular flexibility index (Phi) is 2.78. The van der Waals surface area contributed by atoms with Gasteiger partial charge in [0.15, 0.2) is 0 Å². The first-order valence-corrected chi connectivity index (χ1v) is 5.60. The molecule has 0 amide bonds. The number of nitrogens with zero attached hydrogens (tertiary/aromatic N) is 1. The van der Waals surface area contributed by atoms with E-state index in [1.807, 2.05) is 18.3 Å². The van der Waals surface area contributed by atoms with E-state index in [9.17, 15) is 0 Å². The molecule has 2 aromatic rings. The summed E-state index contributed by atoms with van der Waals surface area (Å²) in [6.45, 7) is 6.66. The van der Waals surface area contributed by atoms with Crippen molar-refractivity contribution >= 4 is 0 Å². The summed E-state index contributed by atoms with van der Waals surface area (Å²) in [7, 11) is 0. The number of benzene rings is 1. The molecule has 0 spiro atoms. The van der Waals surface area contributed by atoms with E-state index in [0.29, 0.717) is 0 Å². The van der Waals surface area contributed by atoms with Crippen molar-refractivity contribution in [1.29, 1.82) is 0 Å². The lowest BCUT2D eigenvalue weighted by molar-refractivity contribution is 0.589. The molecule has 0 unspecified atom stereocenters. The average Bonchev–Trinajstić information content (AvgIpc) is 2.29. The minimum atomic E-state index is 0.124. The maximum absolute atomic E-state index is 4.52. The molecule has 0 saturated carbocycles. The van der Waals surface area contributed by atoms with E-state index < -0.39 is 0 Å². The van der Waals surface area contributed by atoms with Gasteiger partial charge in [0.05, 0.1) is 5.69 Å². The van der Waals surface area contributed by atoms with Crippen LogP contribution in [0.15, 0.2) is 48.7 Å². The summed E-state index contributed by atoms with van der Waals surface area (Å²) in [6.07, 6.45) is 1.86. The first kappa shape index (κ1) is 10.9. The molecule has 0 aliphatic rings. The van der Waals surface area contributed by atoms with Crippen LogP contribution in [0, 0.1) is 0 Å². The standard InChI is InChI=1S/C15H17N/c1-15(2,3)13-10-7-11-16-14(13)12-8-5-4-6-9-12/h4-11H,1-3H3. The minimum absolute atomic E-state index is 0.124. The van der Waals surface area contributed by atoms with Gasteiger partial charge in [0.2, 0.25) is 0 Å². The van der Waals surface area contributed by atoms with Crippen molar-refractivity contribution < 1.29 is 0 Å². The molecule has 0 aliphatic heterocycles. The van der Waals surface area contributed by atoms with Gasteiger partial charge in [0.1, 0.15) is 0 Å². The second kappa shape index (κ2) is 4.09. The molecule has 16 heavy (non-hydrogen) atoms. The fraction of sp³-hybridized carbons (Fsp3) is 0.267. The Morgan fingerprint density at radius 3 is 2.19 bits per heavy atom. The minimum Gasteiger partial charge on any atom is -0.256 e. The quantitative estimate of drug-likeness (QED) is 0.693. The molecule has 0 bridgehead atoms. The third kappa shape index (κ3) is 2.13. The fourth-order valence-electron chi connectivity index (χ4n) is 1.84. The third-order valence-corrected chi connectivity index (χ3v) is 2.66. The van der Waals surface area contributed by atoms with Crippen molar-refractivity contribution in [3.63, 3.8) is 0 Å². The molecule has 1 aromatic carbocycles. The molecule has 0 atom stereocenters. The lowest BCUT2D eigenvalue weighted by atomic mass is 9.84. The van der Waals surface area contributed by atoms with Gasteiger partial charge in [0, 0.05) is 11.8 Å². The van der Waals surface area contributed by atoms with Crippen LogP contribution in [-0.4, -0.2) is 4.98 Å². The highest BCUT2D eigenvalue weighted by atomic mass is 14.7. The molecule has 1 nitrogen and oxygen atoms in total. The fourth-order valence-corrected chi connectivity index (χ4v) is 1.84. The van der Waals surface area contributed by atoms with Gasteiger partial charge in [-0.25, -0.2) is 0 Å². The van der Waals surface area contributed by atoms with E-state index >= 15 is 0 Å². The number of aromatic nitrogens is 1. The summed E-state index contributed by atoms with van der Waals surface area (Å²) in [6, 6.07) is 14.5. The molecule has 0 N–H and O–H groups in total. The van der Waals surface area contributed by atoms with E-state index in [4.69, 9.17) is 0 Å². The highest BCUT2D eigenvalue weighted by Gasteiger charge is 2.18. The molecule has 1 aromatic heterocycles. The lowest BCUT2D eigenvalue weighted by Gasteiger charge is -2.21. The van der Waals surface area contributed by atoms with E-state index in [1.54, 1.807) is 0 Å². The third-order valence-electron chi connectivity index (χ3n) is 2.66. The molecule has 0 radical (unpaired) electrons. The highest BCUT2D eigenvalue weighted by molar-refractivity contribution is 5.64. The topological polar surface area (TPSA) is 12.9 Å². The van der Waals surface area contributed by atoms with Gasteiger partial charge in [-0.3, -0.25) is 4.98 Å². The second-order valence-corrected chi connectivity index (χ2v) is 5.02. The van der Waals surface area contributed by atoms with E-state index in [1.165, 1.54) is 11.1 Å². The Bertz CT molecular complexity index is 466. The number of pyridine rings is 1. The molecule has 1 heterocycles. The Labute approximate surface area is 97.2 Å². The van der Waals surface area contributed by atoms with Crippen LogP contribution in [-0.2, 0) is 5.41 Å². The summed E-state index contributed by atoms with van der Waals surface area (Å²) in [5.74, 6) is 0. The van der Waals surface area contributed by atoms with Gasteiger partial charge in [0.25, 0.3) is 0 Å². The molecule has 0 aliphatic carbocycles. The summed E-state index contributed by atoms with van der Waals surface area (Å²) in [5, 5.41) is 0. The number of hydrogen-bond donors (Lipinski definition) is 0. The number of hydrogen-bond acceptors (Lipinski definition) is 1. The van der Waals surface area contributed by atoms with Gasteiger partial charge in [-0.05, 0) is 17.0 Å². The molecule has 1 heteroatoms.